The first-order valence-electron chi connectivity index (χ1n) is 6.06. The molecule has 5 nitrogen and oxygen atoms in total. The van der Waals surface area contributed by atoms with E-state index in [9.17, 15) is 9.59 Å². The van der Waals surface area contributed by atoms with Gasteiger partial charge in [0.1, 0.15) is 5.75 Å². The topological polar surface area (TPSA) is 53.2 Å². The fourth-order valence-electron chi connectivity index (χ4n) is 1.96. The minimum Gasteiger partial charge on any atom is -0.497 e. The molecule has 0 bridgehead atoms. The number of aryl methyl sites for hydroxylation is 1. The molecule has 0 aliphatic carbocycles. The van der Waals surface area contributed by atoms with E-state index < -0.39 is 0 Å². The standard InChI is InChI=1S/C15H16N2O3/c1-10(11-5-7-12(20-4)8-6-11)13-9-16(2)15(19)17(3)14(13)18/h5-9H,1H2,2-4H3. The molecule has 0 N–H and O–H groups in total. The highest BCUT2D eigenvalue weighted by molar-refractivity contribution is 5.77. The van der Waals surface area contributed by atoms with Crippen LogP contribution in [0.15, 0.2) is 46.6 Å². The van der Waals surface area contributed by atoms with Crippen LogP contribution in [-0.2, 0) is 14.1 Å². The molecule has 1 aromatic heterocycles. The smallest absolute Gasteiger partial charge is 0.330 e. The lowest BCUT2D eigenvalue weighted by atomic mass is 10.0. The van der Waals surface area contributed by atoms with Gasteiger partial charge in [-0.25, -0.2) is 4.79 Å². The third kappa shape index (κ3) is 2.30. The summed E-state index contributed by atoms with van der Waals surface area (Å²) in [4.78, 5) is 23.8. The van der Waals surface area contributed by atoms with Crippen LogP contribution in [0.25, 0.3) is 5.57 Å². The number of rotatable bonds is 3. The van der Waals surface area contributed by atoms with E-state index in [-0.39, 0.29) is 11.2 Å². The number of hydrogen-bond acceptors (Lipinski definition) is 3. The molecule has 2 rings (SSSR count). The second kappa shape index (κ2) is 5.21. The van der Waals surface area contributed by atoms with Crippen molar-refractivity contribution < 1.29 is 4.74 Å². The van der Waals surface area contributed by atoms with Crippen molar-refractivity contribution in [2.45, 2.75) is 0 Å². The van der Waals surface area contributed by atoms with Crippen molar-refractivity contribution in [3.05, 3.63) is 69.0 Å². The van der Waals surface area contributed by atoms with Gasteiger partial charge in [-0.15, -0.1) is 0 Å². The summed E-state index contributed by atoms with van der Waals surface area (Å²) in [6, 6.07) is 7.25. The molecule has 104 valence electrons. The number of nitrogens with zero attached hydrogens (tertiary/aromatic N) is 2. The highest BCUT2D eigenvalue weighted by Crippen LogP contribution is 2.21. The van der Waals surface area contributed by atoms with Crippen LogP contribution in [0.3, 0.4) is 0 Å². The number of methoxy groups -OCH3 is 1. The second-order valence-corrected chi connectivity index (χ2v) is 4.51. The third-order valence-electron chi connectivity index (χ3n) is 3.21. The number of ether oxygens (including phenoxy) is 1. The highest BCUT2D eigenvalue weighted by atomic mass is 16.5. The van der Waals surface area contributed by atoms with Crippen molar-refractivity contribution in [1.29, 1.82) is 0 Å². The van der Waals surface area contributed by atoms with E-state index >= 15 is 0 Å². The SMILES string of the molecule is C=C(c1ccc(OC)cc1)c1cn(C)c(=O)n(C)c1=O. The summed E-state index contributed by atoms with van der Waals surface area (Å²) < 4.78 is 7.53. The Morgan fingerprint density at radius 3 is 2.30 bits per heavy atom. The molecule has 1 aromatic carbocycles. The third-order valence-corrected chi connectivity index (χ3v) is 3.21. The molecular weight excluding hydrogens is 256 g/mol. The summed E-state index contributed by atoms with van der Waals surface area (Å²) in [5.41, 5.74) is 1.07. The molecular formula is C15H16N2O3. The summed E-state index contributed by atoms with van der Waals surface area (Å²) >= 11 is 0. The van der Waals surface area contributed by atoms with E-state index in [0.717, 1.165) is 15.9 Å². The van der Waals surface area contributed by atoms with Gasteiger partial charge in [-0.2, -0.15) is 0 Å². The van der Waals surface area contributed by atoms with Crippen LogP contribution in [0.2, 0.25) is 0 Å². The molecule has 20 heavy (non-hydrogen) atoms. The Hall–Kier alpha value is -2.56. The normalized spacial score (nSPS) is 10.3. The first-order valence-corrected chi connectivity index (χ1v) is 6.06. The Balaban J connectivity index is 2.53. The van der Waals surface area contributed by atoms with Crippen LogP contribution in [-0.4, -0.2) is 16.2 Å². The predicted molar refractivity (Wildman–Crippen MR) is 78.1 cm³/mol. The maximum atomic E-state index is 12.1. The Bertz CT molecular complexity index is 767. The Labute approximate surface area is 116 Å². The van der Waals surface area contributed by atoms with Gasteiger partial charge in [-0.3, -0.25) is 9.36 Å². The van der Waals surface area contributed by atoms with E-state index in [1.807, 2.05) is 12.1 Å². The van der Waals surface area contributed by atoms with Gasteiger partial charge in [0.15, 0.2) is 0 Å². The lowest BCUT2D eigenvalue weighted by Crippen LogP contribution is -2.38. The van der Waals surface area contributed by atoms with E-state index in [1.165, 1.54) is 17.8 Å². The van der Waals surface area contributed by atoms with Gasteiger partial charge in [0, 0.05) is 20.3 Å². The van der Waals surface area contributed by atoms with Crippen molar-refractivity contribution in [3.63, 3.8) is 0 Å². The molecule has 0 saturated heterocycles. The molecule has 0 radical (unpaired) electrons. The molecule has 0 saturated carbocycles. The van der Waals surface area contributed by atoms with E-state index in [1.54, 1.807) is 26.3 Å². The molecule has 0 fully saturated rings. The van der Waals surface area contributed by atoms with Crippen LogP contribution >= 0.6 is 0 Å². The van der Waals surface area contributed by atoms with Crippen molar-refractivity contribution in [2.24, 2.45) is 14.1 Å². The van der Waals surface area contributed by atoms with Gasteiger partial charge in [-0.1, -0.05) is 18.7 Å². The molecule has 1 heterocycles. The zero-order valence-corrected chi connectivity index (χ0v) is 11.7. The van der Waals surface area contributed by atoms with Gasteiger partial charge in [0.05, 0.1) is 12.7 Å². The van der Waals surface area contributed by atoms with E-state index in [2.05, 4.69) is 6.58 Å². The van der Waals surface area contributed by atoms with Crippen LogP contribution in [0.4, 0.5) is 0 Å². The van der Waals surface area contributed by atoms with Crippen molar-refractivity contribution in [3.8, 4) is 5.75 Å². The number of hydrogen-bond donors (Lipinski definition) is 0. The average molecular weight is 272 g/mol. The summed E-state index contributed by atoms with van der Waals surface area (Å²) in [7, 11) is 4.65. The predicted octanol–water partition coefficient (Wildman–Crippen LogP) is 1.15. The maximum Gasteiger partial charge on any atom is 0.330 e. The zero-order valence-electron chi connectivity index (χ0n) is 11.7. The zero-order chi connectivity index (χ0) is 14.9. The lowest BCUT2D eigenvalue weighted by molar-refractivity contribution is 0.415. The van der Waals surface area contributed by atoms with Crippen molar-refractivity contribution in [2.75, 3.05) is 7.11 Å². The quantitative estimate of drug-likeness (QED) is 0.842. The maximum absolute atomic E-state index is 12.1. The molecule has 0 spiro atoms. The molecule has 0 atom stereocenters. The average Bonchev–Trinajstić information content (AvgIpc) is 2.48. The summed E-state index contributed by atoms with van der Waals surface area (Å²) in [5, 5.41) is 0. The molecule has 0 unspecified atom stereocenters. The summed E-state index contributed by atoms with van der Waals surface area (Å²) in [6.45, 7) is 3.95. The molecule has 0 amide bonds. The van der Waals surface area contributed by atoms with Gasteiger partial charge >= 0.3 is 5.69 Å². The summed E-state index contributed by atoms with van der Waals surface area (Å²) in [6.07, 6.45) is 1.51. The minimum atomic E-state index is -0.360. The first-order chi connectivity index (χ1) is 9.45. The van der Waals surface area contributed by atoms with Gasteiger partial charge in [0.25, 0.3) is 5.56 Å². The number of aromatic nitrogens is 2. The fraction of sp³-hybridized carbons (Fsp3) is 0.200. The van der Waals surface area contributed by atoms with Crippen LogP contribution in [0, 0.1) is 0 Å². The highest BCUT2D eigenvalue weighted by Gasteiger charge is 2.11. The van der Waals surface area contributed by atoms with E-state index in [4.69, 9.17) is 4.74 Å². The van der Waals surface area contributed by atoms with Crippen molar-refractivity contribution >= 4 is 5.57 Å². The molecule has 2 aromatic rings. The Morgan fingerprint density at radius 1 is 1.15 bits per heavy atom. The Morgan fingerprint density at radius 2 is 1.75 bits per heavy atom. The first kappa shape index (κ1) is 13.9. The fourth-order valence-corrected chi connectivity index (χ4v) is 1.96. The lowest BCUT2D eigenvalue weighted by Gasteiger charge is -2.10. The van der Waals surface area contributed by atoms with Gasteiger partial charge < -0.3 is 9.30 Å². The van der Waals surface area contributed by atoms with E-state index in [0.29, 0.717) is 11.1 Å². The van der Waals surface area contributed by atoms with Crippen LogP contribution < -0.4 is 16.0 Å². The van der Waals surface area contributed by atoms with Gasteiger partial charge in [0.2, 0.25) is 0 Å². The van der Waals surface area contributed by atoms with Crippen molar-refractivity contribution in [1.82, 2.24) is 9.13 Å². The molecule has 0 aliphatic heterocycles. The van der Waals surface area contributed by atoms with Crippen LogP contribution in [0.1, 0.15) is 11.1 Å². The van der Waals surface area contributed by atoms with Crippen LogP contribution in [0.5, 0.6) is 5.75 Å². The monoisotopic (exact) mass is 272 g/mol. The minimum absolute atomic E-state index is 0.353. The number of benzene rings is 1. The summed E-state index contributed by atoms with van der Waals surface area (Å²) in [5.74, 6) is 0.731. The molecule has 0 aliphatic rings. The molecule has 5 heteroatoms. The second-order valence-electron chi connectivity index (χ2n) is 4.51. The van der Waals surface area contributed by atoms with Gasteiger partial charge in [-0.05, 0) is 23.3 Å². The largest absolute Gasteiger partial charge is 0.497 e. The Kier molecular flexibility index (Phi) is 3.61.